The van der Waals surface area contributed by atoms with Crippen LogP contribution in [0.4, 0.5) is 5.82 Å². The lowest BCUT2D eigenvalue weighted by Gasteiger charge is -2.42. The molecule has 1 aromatic carbocycles. The zero-order valence-corrected chi connectivity index (χ0v) is 15.1. The lowest BCUT2D eigenvalue weighted by atomic mass is 9.76. The van der Waals surface area contributed by atoms with Gasteiger partial charge in [0.2, 0.25) is 0 Å². The first-order valence-electron chi connectivity index (χ1n) is 8.88. The smallest absolute Gasteiger partial charge is 0.140 e. The summed E-state index contributed by atoms with van der Waals surface area (Å²) in [5, 5.41) is 13.4. The van der Waals surface area contributed by atoms with Crippen LogP contribution < -0.4 is 4.90 Å². The SMILES string of the molecule is OCC1(CCc2ccccc2)CCCN(c2ncnc3sccc23)C1. The number of piperidine rings is 1. The first-order valence-corrected chi connectivity index (χ1v) is 9.76. The first-order chi connectivity index (χ1) is 12.3. The number of aryl methyl sites for hydroxylation is 1. The molecule has 1 unspecified atom stereocenters. The lowest BCUT2D eigenvalue weighted by molar-refractivity contribution is 0.0964. The number of benzene rings is 1. The molecule has 1 saturated heterocycles. The fourth-order valence-electron chi connectivity index (χ4n) is 3.88. The molecule has 1 N–H and O–H groups in total. The number of rotatable bonds is 5. The van der Waals surface area contributed by atoms with Gasteiger partial charge in [-0.1, -0.05) is 30.3 Å². The molecule has 4 rings (SSSR count). The summed E-state index contributed by atoms with van der Waals surface area (Å²) in [5.41, 5.74) is 1.29. The number of thiophene rings is 1. The van der Waals surface area contributed by atoms with Crippen LogP contribution in [0.15, 0.2) is 48.1 Å². The predicted molar refractivity (Wildman–Crippen MR) is 103 cm³/mol. The number of aliphatic hydroxyl groups excluding tert-OH is 1. The molecule has 0 bridgehead atoms. The Morgan fingerprint density at radius 3 is 2.88 bits per heavy atom. The Hall–Kier alpha value is -1.98. The van der Waals surface area contributed by atoms with E-state index in [1.54, 1.807) is 17.7 Å². The summed E-state index contributed by atoms with van der Waals surface area (Å²) in [6, 6.07) is 12.7. The van der Waals surface area contributed by atoms with Crippen LogP contribution in [0.2, 0.25) is 0 Å². The number of hydrogen-bond donors (Lipinski definition) is 1. The molecule has 1 aliphatic heterocycles. The Labute approximate surface area is 152 Å². The highest BCUT2D eigenvalue weighted by Gasteiger charge is 2.35. The van der Waals surface area contributed by atoms with Crippen LogP contribution >= 0.6 is 11.3 Å². The van der Waals surface area contributed by atoms with Crippen molar-refractivity contribution >= 4 is 27.4 Å². The monoisotopic (exact) mass is 353 g/mol. The highest BCUT2D eigenvalue weighted by Crippen LogP contribution is 2.37. The number of aromatic nitrogens is 2. The summed E-state index contributed by atoms with van der Waals surface area (Å²) in [6.07, 6.45) is 5.83. The van der Waals surface area contributed by atoms with E-state index >= 15 is 0 Å². The van der Waals surface area contributed by atoms with Gasteiger partial charge in [-0.2, -0.15) is 0 Å². The van der Waals surface area contributed by atoms with E-state index in [1.165, 1.54) is 5.56 Å². The van der Waals surface area contributed by atoms with Crippen molar-refractivity contribution in [3.05, 3.63) is 53.7 Å². The van der Waals surface area contributed by atoms with Gasteiger partial charge in [0.1, 0.15) is 17.0 Å². The molecule has 3 heterocycles. The van der Waals surface area contributed by atoms with E-state index in [0.717, 1.165) is 54.8 Å². The second-order valence-electron chi connectivity index (χ2n) is 7.01. The van der Waals surface area contributed by atoms with Crippen LogP contribution in [0.3, 0.4) is 0 Å². The van der Waals surface area contributed by atoms with Gasteiger partial charge in [-0.3, -0.25) is 0 Å². The number of hydrogen-bond acceptors (Lipinski definition) is 5. The first kappa shape index (κ1) is 16.5. The third-order valence-corrected chi connectivity index (χ3v) is 6.14. The molecule has 5 heteroatoms. The summed E-state index contributed by atoms with van der Waals surface area (Å²) < 4.78 is 0. The zero-order chi connectivity index (χ0) is 17.1. The van der Waals surface area contributed by atoms with E-state index in [0.29, 0.717) is 0 Å². The highest BCUT2D eigenvalue weighted by atomic mass is 32.1. The maximum atomic E-state index is 10.2. The number of nitrogens with zero attached hydrogens (tertiary/aromatic N) is 3. The van der Waals surface area contributed by atoms with Crippen molar-refractivity contribution in [1.29, 1.82) is 0 Å². The molecular formula is C20H23N3OS. The second-order valence-corrected chi connectivity index (χ2v) is 7.90. The molecule has 3 aromatic rings. The third kappa shape index (κ3) is 3.39. The molecule has 25 heavy (non-hydrogen) atoms. The van der Waals surface area contributed by atoms with Crippen molar-refractivity contribution in [3.63, 3.8) is 0 Å². The summed E-state index contributed by atoms with van der Waals surface area (Å²) >= 11 is 1.65. The van der Waals surface area contributed by atoms with E-state index < -0.39 is 0 Å². The standard InChI is InChI=1S/C20H23N3OS/c24-14-20(10-7-16-5-2-1-3-6-16)9-4-11-23(13-20)18-17-8-12-25-19(17)22-15-21-18/h1-3,5-6,8,12,15,24H,4,7,9-11,13-14H2. The van der Waals surface area contributed by atoms with Crippen molar-refractivity contribution in [2.45, 2.75) is 25.7 Å². The van der Waals surface area contributed by atoms with Gasteiger partial charge in [-0.25, -0.2) is 9.97 Å². The van der Waals surface area contributed by atoms with Gasteiger partial charge in [-0.05, 0) is 42.7 Å². The molecule has 1 atom stereocenters. The molecule has 0 spiro atoms. The fraction of sp³-hybridized carbons (Fsp3) is 0.400. The van der Waals surface area contributed by atoms with Crippen LogP contribution in [0.25, 0.3) is 10.2 Å². The molecule has 4 nitrogen and oxygen atoms in total. The molecular weight excluding hydrogens is 330 g/mol. The molecule has 0 amide bonds. The van der Waals surface area contributed by atoms with Gasteiger partial charge in [0.05, 0.1) is 12.0 Å². The van der Waals surface area contributed by atoms with Crippen LogP contribution in [-0.4, -0.2) is 34.8 Å². The fourth-order valence-corrected chi connectivity index (χ4v) is 4.61. The lowest BCUT2D eigenvalue weighted by Crippen LogP contribution is -2.46. The largest absolute Gasteiger partial charge is 0.396 e. The van der Waals surface area contributed by atoms with Gasteiger partial charge < -0.3 is 10.0 Å². The summed E-state index contributed by atoms with van der Waals surface area (Å²) in [7, 11) is 0. The van der Waals surface area contributed by atoms with Gasteiger partial charge in [-0.15, -0.1) is 11.3 Å². The Bertz CT molecular complexity index is 835. The molecule has 1 aliphatic rings. The number of fused-ring (bicyclic) bond motifs is 1. The average molecular weight is 353 g/mol. The Morgan fingerprint density at radius 2 is 2.04 bits per heavy atom. The molecule has 130 valence electrons. The van der Waals surface area contributed by atoms with Crippen LogP contribution in [0.1, 0.15) is 24.8 Å². The predicted octanol–water partition coefficient (Wildman–Crippen LogP) is 3.90. The Morgan fingerprint density at radius 1 is 1.16 bits per heavy atom. The maximum absolute atomic E-state index is 10.2. The van der Waals surface area contributed by atoms with Crippen LogP contribution in [0.5, 0.6) is 0 Å². The van der Waals surface area contributed by atoms with Gasteiger partial charge >= 0.3 is 0 Å². The van der Waals surface area contributed by atoms with E-state index in [9.17, 15) is 5.11 Å². The van der Waals surface area contributed by atoms with Crippen molar-refractivity contribution in [1.82, 2.24) is 9.97 Å². The van der Waals surface area contributed by atoms with Crippen molar-refractivity contribution in [3.8, 4) is 0 Å². The minimum Gasteiger partial charge on any atom is -0.396 e. The topological polar surface area (TPSA) is 49.2 Å². The number of aliphatic hydroxyl groups is 1. The van der Waals surface area contributed by atoms with Gasteiger partial charge in [0.25, 0.3) is 0 Å². The van der Waals surface area contributed by atoms with E-state index in [1.807, 2.05) is 0 Å². The van der Waals surface area contributed by atoms with Crippen LogP contribution in [0, 0.1) is 5.41 Å². The highest BCUT2D eigenvalue weighted by molar-refractivity contribution is 7.16. The normalized spacial score (nSPS) is 20.9. The zero-order valence-electron chi connectivity index (χ0n) is 14.3. The Kier molecular flexibility index (Phi) is 4.68. The minimum absolute atomic E-state index is 0.0542. The number of anilines is 1. The summed E-state index contributed by atoms with van der Waals surface area (Å²) in [6.45, 7) is 2.08. The third-order valence-electron chi connectivity index (χ3n) is 5.32. The molecule has 1 fully saturated rings. The van der Waals surface area contributed by atoms with E-state index in [4.69, 9.17) is 0 Å². The maximum Gasteiger partial charge on any atom is 0.140 e. The molecule has 0 aliphatic carbocycles. The summed E-state index contributed by atoms with van der Waals surface area (Å²) in [5.74, 6) is 1.02. The quantitative estimate of drug-likeness (QED) is 0.756. The van der Waals surface area contributed by atoms with Gasteiger partial charge in [0, 0.05) is 18.5 Å². The van der Waals surface area contributed by atoms with Crippen molar-refractivity contribution < 1.29 is 5.11 Å². The van der Waals surface area contributed by atoms with Gasteiger partial charge in [0.15, 0.2) is 0 Å². The summed E-state index contributed by atoms with van der Waals surface area (Å²) in [4.78, 5) is 12.3. The Balaban J connectivity index is 1.55. The molecule has 0 saturated carbocycles. The van der Waals surface area contributed by atoms with Crippen LogP contribution in [-0.2, 0) is 6.42 Å². The average Bonchev–Trinajstić information content (AvgIpc) is 3.16. The molecule has 0 radical (unpaired) electrons. The van der Waals surface area contributed by atoms with E-state index in [-0.39, 0.29) is 12.0 Å². The van der Waals surface area contributed by atoms with Crippen molar-refractivity contribution in [2.75, 3.05) is 24.6 Å². The molecule has 2 aromatic heterocycles. The second kappa shape index (κ2) is 7.10. The van der Waals surface area contributed by atoms with Crippen molar-refractivity contribution in [2.24, 2.45) is 5.41 Å². The van der Waals surface area contributed by atoms with E-state index in [2.05, 4.69) is 56.6 Å². The minimum atomic E-state index is -0.0542.